The molecular formula is C9H14O5. The topological polar surface area (TPSA) is 87.0 Å². The summed E-state index contributed by atoms with van der Waals surface area (Å²) in [5, 5.41) is 27.7. The van der Waals surface area contributed by atoms with Gasteiger partial charge in [-0.15, -0.1) is 0 Å². The number of hydrogen-bond acceptors (Lipinski definition) is 5. The molecule has 1 aliphatic rings. The fourth-order valence-electron chi connectivity index (χ4n) is 1.32. The van der Waals surface area contributed by atoms with Crippen LogP contribution in [-0.4, -0.2) is 46.2 Å². The van der Waals surface area contributed by atoms with Gasteiger partial charge in [0.25, 0.3) is 0 Å². The van der Waals surface area contributed by atoms with Crippen molar-refractivity contribution in [2.24, 2.45) is 0 Å². The second kappa shape index (κ2) is 4.54. The SMILES string of the molecule is CCO[13C](=O)C1=C[C@@H](O)[C@@H](O)[C@H](O)C1. The fraction of sp³-hybridized carbons (Fsp3) is 0.667. The summed E-state index contributed by atoms with van der Waals surface area (Å²) >= 11 is 0. The van der Waals surface area contributed by atoms with Crippen LogP contribution >= 0.6 is 0 Å². The van der Waals surface area contributed by atoms with Crippen LogP contribution in [-0.2, 0) is 9.53 Å². The Morgan fingerprint density at radius 2 is 2.21 bits per heavy atom. The Labute approximate surface area is 81.6 Å². The Bertz CT molecular complexity index is 248. The molecule has 0 aromatic carbocycles. The van der Waals surface area contributed by atoms with Gasteiger partial charge >= 0.3 is 5.97 Å². The lowest BCUT2D eigenvalue weighted by Crippen LogP contribution is -2.41. The van der Waals surface area contributed by atoms with Crippen LogP contribution in [0.2, 0.25) is 0 Å². The molecule has 1 aliphatic carbocycles. The van der Waals surface area contributed by atoms with Crippen LogP contribution < -0.4 is 0 Å². The van der Waals surface area contributed by atoms with Gasteiger partial charge in [-0.05, 0) is 13.0 Å². The number of carbonyl (C=O) groups excluding carboxylic acids is 1. The molecule has 5 heteroatoms. The number of esters is 1. The van der Waals surface area contributed by atoms with Crippen molar-refractivity contribution in [1.82, 2.24) is 0 Å². The largest absolute Gasteiger partial charge is 0.463 e. The van der Waals surface area contributed by atoms with Crippen molar-refractivity contribution in [3.8, 4) is 0 Å². The first-order chi connectivity index (χ1) is 6.56. The van der Waals surface area contributed by atoms with Gasteiger partial charge in [-0.3, -0.25) is 0 Å². The molecular weight excluding hydrogens is 189 g/mol. The number of hydrogen-bond donors (Lipinski definition) is 3. The van der Waals surface area contributed by atoms with E-state index in [1.54, 1.807) is 6.92 Å². The van der Waals surface area contributed by atoms with Gasteiger partial charge in [0.2, 0.25) is 0 Å². The summed E-state index contributed by atoms with van der Waals surface area (Å²) < 4.78 is 4.70. The minimum Gasteiger partial charge on any atom is -0.463 e. The van der Waals surface area contributed by atoms with E-state index in [0.717, 1.165) is 0 Å². The predicted molar refractivity (Wildman–Crippen MR) is 47.4 cm³/mol. The van der Waals surface area contributed by atoms with Gasteiger partial charge in [-0.2, -0.15) is 0 Å². The van der Waals surface area contributed by atoms with E-state index in [4.69, 9.17) is 4.74 Å². The number of ether oxygens (including phenoxy) is 1. The van der Waals surface area contributed by atoms with Gasteiger partial charge in [0.05, 0.1) is 12.7 Å². The van der Waals surface area contributed by atoms with Gasteiger partial charge in [-0.1, -0.05) is 0 Å². The smallest absolute Gasteiger partial charge is 0.333 e. The number of aliphatic hydroxyl groups excluding tert-OH is 3. The van der Waals surface area contributed by atoms with Crippen LogP contribution in [0.15, 0.2) is 11.6 Å². The molecule has 14 heavy (non-hydrogen) atoms. The van der Waals surface area contributed by atoms with Crippen LogP contribution in [0.1, 0.15) is 13.3 Å². The van der Waals surface area contributed by atoms with Crippen LogP contribution in [0.4, 0.5) is 0 Å². The van der Waals surface area contributed by atoms with Crippen molar-refractivity contribution in [2.75, 3.05) is 6.61 Å². The molecule has 0 amide bonds. The van der Waals surface area contributed by atoms with Crippen LogP contribution in [0.25, 0.3) is 0 Å². The summed E-state index contributed by atoms with van der Waals surface area (Å²) in [5.74, 6) is -0.558. The molecule has 0 saturated heterocycles. The molecule has 3 N–H and O–H groups in total. The minimum atomic E-state index is -1.23. The van der Waals surface area contributed by atoms with Crippen molar-refractivity contribution >= 4 is 5.97 Å². The van der Waals surface area contributed by atoms with Gasteiger partial charge < -0.3 is 20.1 Å². The van der Waals surface area contributed by atoms with Crippen LogP contribution in [0.5, 0.6) is 0 Å². The molecule has 0 fully saturated rings. The molecule has 0 heterocycles. The average molecular weight is 203 g/mol. The summed E-state index contributed by atoms with van der Waals surface area (Å²) in [6, 6.07) is 0. The molecule has 3 atom stereocenters. The van der Waals surface area contributed by atoms with Crippen molar-refractivity contribution < 1.29 is 24.9 Å². The quantitative estimate of drug-likeness (QED) is 0.394. The molecule has 0 saturated carbocycles. The Balaban J connectivity index is 2.71. The molecule has 0 aliphatic heterocycles. The summed E-state index contributed by atoms with van der Waals surface area (Å²) in [6.07, 6.45) is -2.33. The third kappa shape index (κ3) is 2.31. The standard InChI is InChI=1S/C9H14O5/c1-2-14-9(13)5-3-6(10)8(12)7(11)4-5/h3,6-8,10-12H,2,4H2,1H3/t6-,7-,8-/m1/s1/i9+1. The highest BCUT2D eigenvalue weighted by molar-refractivity contribution is 5.88. The highest BCUT2D eigenvalue weighted by Crippen LogP contribution is 2.20. The molecule has 0 bridgehead atoms. The first-order valence-electron chi connectivity index (χ1n) is 4.48. The molecule has 5 nitrogen and oxygen atoms in total. The van der Waals surface area contributed by atoms with Crippen LogP contribution in [0.3, 0.4) is 0 Å². The van der Waals surface area contributed by atoms with Crippen molar-refractivity contribution in [3.05, 3.63) is 11.6 Å². The van der Waals surface area contributed by atoms with Gasteiger partial charge in [-0.25, -0.2) is 4.79 Å². The normalized spacial score (nSPS) is 32.3. The zero-order valence-electron chi connectivity index (χ0n) is 7.88. The first-order valence-corrected chi connectivity index (χ1v) is 4.48. The lowest BCUT2D eigenvalue weighted by molar-refractivity contribution is -0.140. The lowest BCUT2D eigenvalue weighted by Gasteiger charge is -2.26. The van der Waals surface area contributed by atoms with Gasteiger partial charge in [0.15, 0.2) is 0 Å². The number of carbonyl (C=O) groups is 1. The molecule has 1 rings (SSSR count). The summed E-state index contributed by atoms with van der Waals surface area (Å²) in [5.41, 5.74) is 0.206. The summed E-state index contributed by atoms with van der Waals surface area (Å²) in [6.45, 7) is 1.91. The Hall–Kier alpha value is -0.910. The maximum atomic E-state index is 11.2. The van der Waals surface area contributed by atoms with E-state index in [1.165, 1.54) is 6.08 Å². The molecule has 80 valence electrons. The van der Waals surface area contributed by atoms with E-state index in [0.29, 0.717) is 0 Å². The second-order valence-electron chi connectivity index (χ2n) is 3.17. The third-order valence-corrected chi connectivity index (χ3v) is 2.08. The summed E-state index contributed by atoms with van der Waals surface area (Å²) in [4.78, 5) is 11.2. The minimum absolute atomic E-state index is 0.0110. The second-order valence-corrected chi connectivity index (χ2v) is 3.17. The van der Waals surface area contributed by atoms with Gasteiger partial charge in [0.1, 0.15) is 12.2 Å². The fourth-order valence-corrected chi connectivity index (χ4v) is 1.32. The zero-order valence-corrected chi connectivity index (χ0v) is 7.88. The number of rotatable bonds is 2. The van der Waals surface area contributed by atoms with E-state index >= 15 is 0 Å². The Morgan fingerprint density at radius 3 is 2.71 bits per heavy atom. The predicted octanol–water partition coefficient (Wildman–Crippen LogP) is -1.04. The summed E-state index contributed by atoms with van der Waals surface area (Å²) in [7, 11) is 0. The maximum absolute atomic E-state index is 11.2. The first kappa shape index (κ1) is 11.2. The number of aliphatic hydroxyl groups is 3. The van der Waals surface area contributed by atoms with Gasteiger partial charge in [0, 0.05) is 12.0 Å². The van der Waals surface area contributed by atoms with Crippen LogP contribution in [0, 0.1) is 0 Å². The molecule has 0 spiro atoms. The molecule has 0 radical (unpaired) electrons. The highest BCUT2D eigenvalue weighted by Gasteiger charge is 2.31. The van der Waals surface area contributed by atoms with E-state index in [-0.39, 0.29) is 18.6 Å². The van der Waals surface area contributed by atoms with E-state index in [9.17, 15) is 20.1 Å². The van der Waals surface area contributed by atoms with Crippen molar-refractivity contribution in [2.45, 2.75) is 31.7 Å². The molecule has 0 aromatic heterocycles. The average Bonchev–Trinajstić information content (AvgIpc) is 2.13. The van der Waals surface area contributed by atoms with Crippen molar-refractivity contribution in [1.29, 1.82) is 0 Å². The maximum Gasteiger partial charge on any atom is 0.333 e. The van der Waals surface area contributed by atoms with E-state index in [2.05, 4.69) is 0 Å². The molecule has 0 unspecified atom stereocenters. The van der Waals surface area contributed by atoms with E-state index in [1.807, 2.05) is 0 Å². The van der Waals surface area contributed by atoms with E-state index < -0.39 is 24.3 Å². The third-order valence-electron chi connectivity index (χ3n) is 2.08. The lowest BCUT2D eigenvalue weighted by atomic mass is 9.95. The Morgan fingerprint density at radius 1 is 1.57 bits per heavy atom. The van der Waals surface area contributed by atoms with Crippen molar-refractivity contribution in [3.63, 3.8) is 0 Å². The molecule has 0 aromatic rings. The monoisotopic (exact) mass is 203 g/mol. The zero-order chi connectivity index (χ0) is 10.7. The Kier molecular flexibility index (Phi) is 3.62. The highest BCUT2D eigenvalue weighted by atomic mass is 16.6.